The maximum absolute atomic E-state index is 12.4. The van der Waals surface area contributed by atoms with Crippen molar-refractivity contribution in [1.82, 2.24) is 16.2 Å². The normalized spacial score (nSPS) is 11.6. The van der Waals surface area contributed by atoms with Crippen LogP contribution in [0, 0.1) is 5.92 Å². The van der Waals surface area contributed by atoms with Crippen LogP contribution < -0.4 is 20.9 Å². The third kappa shape index (κ3) is 5.60. The second-order valence-corrected chi connectivity index (χ2v) is 6.07. The summed E-state index contributed by atoms with van der Waals surface area (Å²) in [6, 6.07) is 8.75. The monoisotopic (exact) mass is 373 g/mol. The molecular formula is C19H23N3O5. The number of rotatable bonds is 7. The van der Waals surface area contributed by atoms with Gasteiger partial charge >= 0.3 is 0 Å². The zero-order valence-electron chi connectivity index (χ0n) is 15.4. The number of furan rings is 1. The number of benzene rings is 1. The summed E-state index contributed by atoms with van der Waals surface area (Å²) in [5.74, 6) is -0.973. The first-order valence-electron chi connectivity index (χ1n) is 8.59. The lowest BCUT2D eigenvalue weighted by Crippen LogP contribution is -2.54. The Morgan fingerprint density at radius 3 is 2.30 bits per heavy atom. The molecule has 0 aliphatic carbocycles. The first-order valence-corrected chi connectivity index (χ1v) is 8.59. The minimum atomic E-state index is -0.844. The summed E-state index contributed by atoms with van der Waals surface area (Å²) in [5.41, 5.74) is 5.04. The van der Waals surface area contributed by atoms with Gasteiger partial charge in [0.05, 0.1) is 12.9 Å². The number of amides is 3. The standard InChI is InChI=1S/C19H23N3O5/c1-4-26-14-9-7-13(8-10-14)17(23)21-22-19(25)16(12(2)3)20-18(24)15-6-5-11-27-15/h5-12,16H,4H2,1-3H3,(H,20,24)(H,21,23)(H,22,25)/t16-/m0/s1. The molecule has 0 unspecified atom stereocenters. The molecule has 0 saturated carbocycles. The van der Waals surface area contributed by atoms with Crippen molar-refractivity contribution in [1.29, 1.82) is 0 Å². The van der Waals surface area contributed by atoms with Gasteiger partial charge in [-0.15, -0.1) is 0 Å². The fourth-order valence-electron chi connectivity index (χ4n) is 2.29. The van der Waals surface area contributed by atoms with Crippen molar-refractivity contribution in [3.8, 4) is 5.75 Å². The van der Waals surface area contributed by atoms with Crippen molar-refractivity contribution < 1.29 is 23.5 Å². The first-order chi connectivity index (χ1) is 12.9. The number of nitrogens with one attached hydrogen (secondary N) is 3. The maximum atomic E-state index is 12.4. The van der Waals surface area contributed by atoms with Gasteiger partial charge in [-0.05, 0) is 49.2 Å². The van der Waals surface area contributed by atoms with E-state index < -0.39 is 23.8 Å². The van der Waals surface area contributed by atoms with Gasteiger partial charge in [0.2, 0.25) is 0 Å². The minimum Gasteiger partial charge on any atom is -0.494 e. The summed E-state index contributed by atoms with van der Waals surface area (Å²) in [4.78, 5) is 36.6. The molecular weight excluding hydrogens is 350 g/mol. The van der Waals surface area contributed by atoms with Gasteiger partial charge in [-0.3, -0.25) is 25.2 Å². The summed E-state index contributed by atoms with van der Waals surface area (Å²) in [5, 5.41) is 2.59. The Hall–Kier alpha value is -3.29. The highest BCUT2D eigenvalue weighted by atomic mass is 16.5. The van der Waals surface area contributed by atoms with Crippen molar-refractivity contribution in [2.45, 2.75) is 26.8 Å². The molecule has 1 aromatic heterocycles. The molecule has 0 saturated heterocycles. The van der Waals surface area contributed by atoms with Crippen molar-refractivity contribution in [3.63, 3.8) is 0 Å². The molecule has 0 fully saturated rings. The van der Waals surface area contributed by atoms with Gasteiger partial charge < -0.3 is 14.5 Å². The molecule has 8 heteroatoms. The molecule has 1 atom stereocenters. The predicted molar refractivity (Wildman–Crippen MR) is 98.0 cm³/mol. The van der Waals surface area contributed by atoms with Crippen LogP contribution in [0.4, 0.5) is 0 Å². The molecule has 8 nitrogen and oxygen atoms in total. The zero-order valence-corrected chi connectivity index (χ0v) is 15.4. The summed E-state index contributed by atoms with van der Waals surface area (Å²) in [6.07, 6.45) is 1.37. The lowest BCUT2D eigenvalue weighted by Gasteiger charge is -2.21. The highest BCUT2D eigenvalue weighted by molar-refractivity contribution is 5.98. The van der Waals surface area contributed by atoms with E-state index in [0.29, 0.717) is 17.9 Å². The minimum absolute atomic E-state index is 0.104. The SMILES string of the molecule is CCOc1ccc(C(=O)NNC(=O)[C@@H](NC(=O)c2ccco2)C(C)C)cc1. The van der Waals surface area contributed by atoms with Gasteiger partial charge in [0.25, 0.3) is 17.7 Å². The van der Waals surface area contributed by atoms with Gasteiger partial charge in [-0.2, -0.15) is 0 Å². The van der Waals surface area contributed by atoms with E-state index in [4.69, 9.17) is 9.15 Å². The second kappa shape index (κ2) is 9.42. The van der Waals surface area contributed by atoms with Crippen LogP contribution in [0.25, 0.3) is 0 Å². The smallest absolute Gasteiger partial charge is 0.287 e. The summed E-state index contributed by atoms with van der Waals surface area (Å²) < 4.78 is 10.3. The molecule has 1 aromatic carbocycles. The number of hydrogen-bond donors (Lipinski definition) is 3. The van der Waals surface area contributed by atoms with Gasteiger partial charge in [-0.1, -0.05) is 13.8 Å². The molecule has 0 radical (unpaired) electrons. The van der Waals surface area contributed by atoms with Crippen LogP contribution in [-0.4, -0.2) is 30.4 Å². The zero-order chi connectivity index (χ0) is 19.8. The summed E-state index contributed by atoms with van der Waals surface area (Å²) in [6.45, 7) is 5.95. The van der Waals surface area contributed by atoms with Crippen LogP contribution in [-0.2, 0) is 4.79 Å². The highest BCUT2D eigenvalue weighted by Gasteiger charge is 2.26. The van der Waals surface area contributed by atoms with Crippen LogP contribution in [0.1, 0.15) is 41.7 Å². The average Bonchev–Trinajstić information content (AvgIpc) is 3.19. The van der Waals surface area contributed by atoms with Crippen LogP contribution in [0.3, 0.4) is 0 Å². The highest BCUT2D eigenvalue weighted by Crippen LogP contribution is 2.12. The molecule has 0 aliphatic rings. The average molecular weight is 373 g/mol. The van der Waals surface area contributed by atoms with E-state index in [0.717, 1.165) is 0 Å². The van der Waals surface area contributed by atoms with Crippen molar-refractivity contribution in [3.05, 3.63) is 54.0 Å². The van der Waals surface area contributed by atoms with Crippen LogP contribution in [0.5, 0.6) is 5.75 Å². The molecule has 0 bridgehead atoms. The van der Waals surface area contributed by atoms with E-state index in [-0.39, 0.29) is 11.7 Å². The maximum Gasteiger partial charge on any atom is 0.287 e. The van der Waals surface area contributed by atoms with E-state index in [9.17, 15) is 14.4 Å². The Morgan fingerprint density at radius 2 is 1.74 bits per heavy atom. The molecule has 0 spiro atoms. The lowest BCUT2D eigenvalue weighted by atomic mass is 10.0. The molecule has 2 aromatic rings. The van der Waals surface area contributed by atoms with E-state index in [1.165, 1.54) is 12.3 Å². The third-order valence-corrected chi connectivity index (χ3v) is 3.71. The quantitative estimate of drug-likeness (QED) is 0.642. The van der Waals surface area contributed by atoms with E-state index in [1.54, 1.807) is 44.2 Å². The Labute approximate surface area is 157 Å². The number of carbonyl (C=O) groups excluding carboxylic acids is 3. The molecule has 2 rings (SSSR count). The Balaban J connectivity index is 1.92. The topological polar surface area (TPSA) is 110 Å². The third-order valence-electron chi connectivity index (χ3n) is 3.71. The largest absolute Gasteiger partial charge is 0.494 e. The predicted octanol–water partition coefficient (Wildman–Crippen LogP) is 1.89. The molecule has 27 heavy (non-hydrogen) atoms. The number of hydrogen-bond acceptors (Lipinski definition) is 5. The van der Waals surface area contributed by atoms with E-state index in [2.05, 4.69) is 16.2 Å². The molecule has 0 aliphatic heterocycles. The first kappa shape index (κ1) is 20.0. The number of ether oxygens (including phenoxy) is 1. The molecule has 3 amide bonds. The van der Waals surface area contributed by atoms with Gasteiger partial charge in [0, 0.05) is 5.56 Å². The van der Waals surface area contributed by atoms with Crippen LogP contribution >= 0.6 is 0 Å². The van der Waals surface area contributed by atoms with Gasteiger partial charge in [-0.25, -0.2) is 0 Å². The van der Waals surface area contributed by atoms with Crippen molar-refractivity contribution in [2.24, 2.45) is 5.92 Å². The molecule has 144 valence electrons. The Kier molecular flexibility index (Phi) is 6.99. The van der Waals surface area contributed by atoms with Gasteiger partial charge in [0.15, 0.2) is 5.76 Å². The number of carbonyl (C=O) groups is 3. The van der Waals surface area contributed by atoms with Crippen LogP contribution in [0.15, 0.2) is 47.1 Å². The van der Waals surface area contributed by atoms with Crippen molar-refractivity contribution >= 4 is 17.7 Å². The fourth-order valence-corrected chi connectivity index (χ4v) is 2.29. The van der Waals surface area contributed by atoms with E-state index in [1.807, 2.05) is 6.92 Å². The van der Waals surface area contributed by atoms with Crippen LogP contribution in [0.2, 0.25) is 0 Å². The van der Waals surface area contributed by atoms with E-state index >= 15 is 0 Å². The fraction of sp³-hybridized carbons (Fsp3) is 0.316. The summed E-state index contributed by atoms with van der Waals surface area (Å²) >= 11 is 0. The van der Waals surface area contributed by atoms with Gasteiger partial charge in [0.1, 0.15) is 11.8 Å². The second-order valence-electron chi connectivity index (χ2n) is 6.07. The molecule has 1 heterocycles. The van der Waals surface area contributed by atoms with Crippen molar-refractivity contribution in [2.75, 3.05) is 6.61 Å². The number of hydrazine groups is 1. The Bertz CT molecular complexity index is 769. The summed E-state index contributed by atoms with van der Waals surface area (Å²) in [7, 11) is 0. The lowest BCUT2D eigenvalue weighted by molar-refractivity contribution is -0.124. The molecule has 3 N–H and O–H groups in total. The Morgan fingerprint density at radius 1 is 1.04 bits per heavy atom.